The lowest BCUT2D eigenvalue weighted by Crippen LogP contribution is -2.41. The lowest BCUT2D eigenvalue weighted by atomic mass is 10.2. The highest BCUT2D eigenvalue weighted by molar-refractivity contribution is 7.91. The largest absolute Gasteiger partial charge is 0.325 e. The molecule has 0 radical (unpaired) electrons. The predicted octanol–water partition coefficient (Wildman–Crippen LogP) is -1.67. The van der Waals surface area contributed by atoms with Crippen LogP contribution in [0.4, 0.5) is 0 Å². The van der Waals surface area contributed by atoms with Crippen molar-refractivity contribution in [3.63, 3.8) is 0 Å². The molecule has 0 spiro atoms. The molecular weight excluding hydrogens is 152 g/mol. The summed E-state index contributed by atoms with van der Waals surface area (Å²) in [5.74, 6) is 0.309. The van der Waals surface area contributed by atoms with Gasteiger partial charge in [0.25, 0.3) is 0 Å². The summed E-state index contributed by atoms with van der Waals surface area (Å²) in [5, 5.41) is 2.87. The van der Waals surface area contributed by atoms with Gasteiger partial charge in [-0.3, -0.25) is 0 Å². The Bertz CT molecular complexity index is 212. The summed E-state index contributed by atoms with van der Waals surface area (Å²) in [6, 6.07) is -0.278. The van der Waals surface area contributed by atoms with E-state index in [1.165, 1.54) is 0 Å². The summed E-state index contributed by atoms with van der Waals surface area (Å²) in [7, 11) is -1.12. The molecule has 4 nitrogen and oxygen atoms in total. The van der Waals surface area contributed by atoms with Gasteiger partial charge in [0.1, 0.15) is 0 Å². The van der Waals surface area contributed by atoms with Crippen molar-refractivity contribution in [3.8, 4) is 0 Å². The van der Waals surface area contributed by atoms with Crippen molar-refractivity contribution >= 4 is 9.84 Å². The average Bonchev–Trinajstić information content (AvgIpc) is 2.05. The van der Waals surface area contributed by atoms with Crippen LogP contribution in [0.3, 0.4) is 0 Å². The fourth-order valence-electron chi connectivity index (χ4n) is 1.17. The van der Waals surface area contributed by atoms with E-state index in [0.29, 0.717) is 0 Å². The number of likely N-dealkylation sites (N-methyl/N-ethyl adjacent to an activating group) is 1. The third-order valence-corrected chi connectivity index (χ3v) is 3.53. The first kappa shape index (κ1) is 7.97. The van der Waals surface area contributed by atoms with Gasteiger partial charge in [0.15, 0.2) is 9.84 Å². The van der Waals surface area contributed by atoms with E-state index in [2.05, 4.69) is 5.32 Å². The lowest BCUT2D eigenvalue weighted by molar-refractivity contribution is 0.549. The molecule has 0 aromatic rings. The molecule has 0 amide bonds. The maximum Gasteiger partial charge on any atom is 0.153 e. The van der Waals surface area contributed by atoms with Gasteiger partial charge in [0.05, 0.1) is 11.5 Å². The Labute approximate surface area is 60.7 Å². The van der Waals surface area contributed by atoms with E-state index < -0.39 is 9.84 Å². The van der Waals surface area contributed by atoms with Gasteiger partial charge in [-0.05, 0) is 7.05 Å². The molecule has 3 N–H and O–H groups in total. The maximum atomic E-state index is 10.9. The molecule has 10 heavy (non-hydrogen) atoms. The van der Waals surface area contributed by atoms with E-state index >= 15 is 0 Å². The normalized spacial score (nSPS) is 38.2. The minimum atomic E-state index is -2.84. The van der Waals surface area contributed by atoms with E-state index in [0.717, 1.165) is 0 Å². The summed E-state index contributed by atoms with van der Waals surface area (Å²) in [6.07, 6.45) is 0. The maximum absolute atomic E-state index is 10.9. The number of hydrogen-bond donors (Lipinski definition) is 2. The molecule has 1 aliphatic heterocycles. The van der Waals surface area contributed by atoms with Gasteiger partial charge in [0, 0.05) is 12.1 Å². The quantitative estimate of drug-likeness (QED) is 0.486. The van der Waals surface area contributed by atoms with E-state index in [1.54, 1.807) is 7.05 Å². The summed E-state index contributed by atoms with van der Waals surface area (Å²) in [6.45, 7) is 0. The Morgan fingerprint density at radius 3 is 2.30 bits per heavy atom. The monoisotopic (exact) mass is 164 g/mol. The fraction of sp³-hybridized carbons (Fsp3) is 1.00. The minimum absolute atomic E-state index is 0.0509. The highest BCUT2D eigenvalue weighted by Crippen LogP contribution is 2.09. The molecule has 0 aromatic heterocycles. The van der Waals surface area contributed by atoms with Crippen LogP contribution in [-0.4, -0.2) is 39.1 Å². The zero-order chi connectivity index (χ0) is 7.78. The van der Waals surface area contributed by atoms with Crippen molar-refractivity contribution in [2.24, 2.45) is 5.73 Å². The number of sulfone groups is 1. The molecule has 1 aliphatic rings. The molecule has 1 rings (SSSR count). The van der Waals surface area contributed by atoms with Crippen LogP contribution in [0.2, 0.25) is 0 Å². The Balaban J connectivity index is 2.71. The first-order valence-electron chi connectivity index (χ1n) is 3.18. The fourth-order valence-corrected chi connectivity index (χ4v) is 3.09. The molecule has 0 bridgehead atoms. The zero-order valence-electron chi connectivity index (χ0n) is 5.87. The van der Waals surface area contributed by atoms with Gasteiger partial charge >= 0.3 is 0 Å². The van der Waals surface area contributed by atoms with Crippen LogP contribution in [0, 0.1) is 0 Å². The molecular formula is C5H12N2O2S. The molecule has 2 unspecified atom stereocenters. The van der Waals surface area contributed by atoms with Crippen LogP contribution in [-0.2, 0) is 9.84 Å². The standard InChI is InChI=1S/C5H12N2O2S/c1-7-5-3-10(8,9)2-4(5)6/h4-5,7H,2-3,6H2,1H3. The Morgan fingerprint density at radius 1 is 1.50 bits per heavy atom. The molecule has 0 aliphatic carbocycles. The molecule has 0 saturated carbocycles. The third kappa shape index (κ3) is 1.47. The highest BCUT2D eigenvalue weighted by Gasteiger charge is 2.33. The zero-order valence-corrected chi connectivity index (χ0v) is 6.69. The smallest absolute Gasteiger partial charge is 0.153 e. The first-order chi connectivity index (χ1) is 4.55. The number of rotatable bonds is 1. The second kappa shape index (κ2) is 2.48. The van der Waals surface area contributed by atoms with Crippen LogP contribution < -0.4 is 11.1 Å². The summed E-state index contributed by atoms with van der Waals surface area (Å²) >= 11 is 0. The van der Waals surface area contributed by atoms with Crippen LogP contribution in [0.25, 0.3) is 0 Å². The molecule has 2 atom stereocenters. The number of nitrogens with one attached hydrogen (secondary N) is 1. The number of hydrogen-bond acceptors (Lipinski definition) is 4. The van der Waals surface area contributed by atoms with Gasteiger partial charge in [-0.25, -0.2) is 8.42 Å². The third-order valence-electron chi connectivity index (χ3n) is 1.77. The minimum Gasteiger partial charge on any atom is -0.325 e. The van der Waals surface area contributed by atoms with E-state index in [1.807, 2.05) is 0 Å². The van der Waals surface area contributed by atoms with E-state index in [4.69, 9.17) is 5.73 Å². The molecule has 1 fully saturated rings. The second-order valence-corrected chi connectivity index (χ2v) is 4.79. The summed E-state index contributed by atoms with van der Waals surface area (Å²) in [4.78, 5) is 0. The van der Waals surface area contributed by atoms with Gasteiger partial charge in [0.2, 0.25) is 0 Å². The SMILES string of the molecule is CNC1CS(=O)(=O)CC1N. The molecule has 1 saturated heterocycles. The summed E-state index contributed by atoms with van der Waals surface area (Å²) in [5.41, 5.74) is 5.52. The topological polar surface area (TPSA) is 72.2 Å². The Morgan fingerprint density at radius 2 is 2.10 bits per heavy atom. The van der Waals surface area contributed by atoms with Crippen LogP contribution in [0.1, 0.15) is 0 Å². The predicted molar refractivity (Wildman–Crippen MR) is 39.5 cm³/mol. The van der Waals surface area contributed by atoms with Crippen molar-refractivity contribution in [1.29, 1.82) is 0 Å². The van der Waals surface area contributed by atoms with Crippen LogP contribution >= 0.6 is 0 Å². The van der Waals surface area contributed by atoms with Gasteiger partial charge in [-0.1, -0.05) is 0 Å². The van der Waals surface area contributed by atoms with Crippen LogP contribution in [0.5, 0.6) is 0 Å². The van der Waals surface area contributed by atoms with Gasteiger partial charge < -0.3 is 11.1 Å². The highest BCUT2D eigenvalue weighted by atomic mass is 32.2. The van der Waals surface area contributed by atoms with E-state index in [9.17, 15) is 8.42 Å². The lowest BCUT2D eigenvalue weighted by Gasteiger charge is -2.10. The Hall–Kier alpha value is -0.130. The Kier molecular flexibility index (Phi) is 1.98. The summed E-state index contributed by atoms with van der Waals surface area (Å²) < 4.78 is 21.8. The van der Waals surface area contributed by atoms with Gasteiger partial charge in [-0.2, -0.15) is 0 Å². The van der Waals surface area contributed by atoms with Crippen molar-refractivity contribution in [2.75, 3.05) is 18.6 Å². The number of nitrogens with two attached hydrogens (primary N) is 1. The molecule has 60 valence electrons. The van der Waals surface area contributed by atoms with Crippen molar-refractivity contribution < 1.29 is 8.42 Å². The molecule has 0 aromatic carbocycles. The van der Waals surface area contributed by atoms with Crippen molar-refractivity contribution in [3.05, 3.63) is 0 Å². The first-order valence-corrected chi connectivity index (χ1v) is 5.00. The van der Waals surface area contributed by atoms with Gasteiger partial charge in [-0.15, -0.1) is 0 Å². The second-order valence-electron chi connectivity index (χ2n) is 2.64. The van der Waals surface area contributed by atoms with Crippen LogP contribution in [0.15, 0.2) is 0 Å². The van der Waals surface area contributed by atoms with Crippen molar-refractivity contribution in [2.45, 2.75) is 12.1 Å². The van der Waals surface area contributed by atoms with E-state index in [-0.39, 0.29) is 23.6 Å². The van der Waals surface area contributed by atoms with Crippen molar-refractivity contribution in [1.82, 2.24) is 5.32 Å². The average molecular weight is 164 g/mol. The molecule has 1 heterocycles. The molecule has 5 heteroatoms.